The molecule has 0 amide bonds. The largest absolute Gasteiger partial charge is 0.493 e. The lowest BCUT2D eigenvalue weighted by Gasteiger charge is -2.42. The maximum absolute atomic E-state index is 13.4. The quantitative estimate of drug-likeness (QED) is 0.305. The van der Waals surface area contributed by atoms with Gasteiger partial charge in [-0.25, -0.2) is 0 Å². The standard InChI is InChI=1S/C35H35NO5/c1-36-26-13-8-15-28(37)34(26)33(35-27(36)14-9-16-29(35)38)25-12-6-7-17-30(25)40-22-24-18-19-31(32(20-24)39-2)41-21-23-10-4-3-5-11-23/h3-7,10-12,17-20,33H,8-9,13-16,21-22H2,1-2H3. The second-order valence-electron chi connectivity index (χ2n) is 10.9. The molecular formula is C35H35NO5. The van der Waals surface area contributed by atoms with E-state index in [0.717, 1.165) is 64.9 Å². The second kappa shape index (κ2) is 11.7. The van der Waals surface area contributed by atoms with Crippen LogP contribution in [0.15, 0.2) is 95.3 Å². The van der Waals surface area contributed by atoms with Gasteiger partial charge in [-0.1, -0.05) is 54.6 Å². The monoisotopic (exact) mass is 549 g/mol. The van der Waals surface area contributed by atoms with Crippen LogP contribution < -0.4 is 14.2 Å². The molecule has 41 heavy (non-hydrogen) atoms. The zero-order chi connectivity index (χ0) is 28.3. The van der Waals surface area contributed by atoms with E-state index in [-0.39, 0.29) is 11.6 Å². The minimum atomic E-state index is -0.392. The Labute approximate surface area is 241 Å². The summed E-state index contributed by atoms with van der Waals surface area (Å²) >= 11 is 0. The van der Waals surface area contributed by atoms with Crippen molar-refractivity contribution in [1.29, 1.82) is 0 Å². The van der Waals surface area contributed by atoms with Gasteiger partial charge in [-0.3, -0.25) is 9.59 Å². The lowest BCUT2D eigenvalue weighted by molar-refractivity contribution is -0.117. The van der Waals surface area contributed by atoms with E-state index in [2.05, 4.69) is 4.90 Å². The van der Waals surface area contributed by atoms with Gasteiger partial charge in [0.1, 0.15) is 19.0 Å². The van der Waals surface area contributed by atoms with Crippen molar-refractivity contribution in [2.45, 2.75) is 57.7 Å². The summed E-state index contributed by atoms with van der Waals surface area (Å²) < 4.78 is 18.1. The Morgan fingerprint density at radius 3 is 1.98 bits per heavy atom. The Bertz CT molecular complexity index is 1490. The topological polar surface area (TPSA) is 65.1 Å². The van der Waals surface area contributed by atoms with Crippen LogP contribution in [-0.4, -0.2) is 30.6 Å². The average Bonchev–Trinajstić information content (AvgIpc) is 3.01. The van der Waals surface area contributed by atoms with Gasteiger partial charge in [0, 0.05) is 53.9 Å². The number of carbonyl (C=O) groups is 2. The fourth-order valence-corrected chi connectivity index (χ4v) is 6.33. The molecule has 1 heterocycles. The zero-order valence-electron chi connectivity index (χ0n) is 23.7. The number of benzene rings is 3. The summed E-state index contributed by atoms with van der Waals surface area (Å²) in [4.78, 5) is 28.9. The number of para-hydroxylation sites is 1. The lowest BCUT2D eigenvalue weighted by Crippen LogP contribution is -2.37. The van der Waals surface area contributed by atoms with Crippen LogP contribution in [0.3, 0.4) is 0 Å². The molecule has 0 atom stereocenters. The van der Waals surface area contributed by atoms with Crippen LogP contribution in [0.5, 0.6) is 17.2 Å². The maximum Gasteiger partial charge on any atom is 0.161 e. The number of ketones is 2. The van der Waals surface area contributed by atoms with Crippen molar-refractivity contribution < 1.29 is 23.8 Å². The predicted molar refractivity (Wildman–Crippen MR) is 157 cm³/mol. The molecule has 6 heteroatoms. The first-order chi connectivity index (χ1) is 20.0. The number of rotatable bonds is 8. The number of Topliss-reactive ketones (excluding diaryl/α,β-unsaturated/α-hetero) is 2. The highest BCUT2D eigenvalue weighted by molar-refractivity contribution is 6.06. The van der Waals surface area contributed by atoms with E-state index in [4.69, 9.17) is 14.2 Å². The Morgan fingerprint density at radius 2 is 1.29 bits per heavy atom. The van der Waals surface area contributed by atoms with Gasteiger partial charge in [0.25, 0.3) is 0 Å². The molecule has 0 N–H and O–H groups in total. The third-order valence-electron chi connectivity index (χ3n) is 8.33. The first kappa shape index (κ1) is 26.9. The van der Waals surface area contributed by atoms with E-state index in [1.54, 1.807) is 7.11 Å². The molecule has 3 aromatic carbocycles. The summed E-state index contributed by atoms with van der Waals surface area (Å²) in [5.41, 5.74) is 6.54. The molecule has 0 unspecified atom stereocenters. The minimum absolute atomic E-state index is 0.138. The molecule has 0 saturated carbocycles. The molecule has 0 aromatic heterocycles. The molecule has 210 valence electrons. The van der Waals surface area contributed by atoms with Crippen LogP contribution in [0.1, 0.15) is 61.1 Å². The molecule has 1 aliphatic heterocycles. The third-order valence-corrected chi connectivity index (χ3v) is 8.33. The van der Waals surface area contributed by atoms with Crippen molar-refractivity contribution in [3.8, 4) is 17.2 Å². The van der Waals surface area contributed by atoms with Gasteiger partial charge >= 0.3 is 0 Å². The lowest BCUT2D eigenvalue weighted by atomic mass is 9.71. The summed E-state index contributed by atoms with van der Waals surface area (Å²) in [6, 6.07) is 23.6. The molecule has 0 bridgehead atoms. The number of carbonyl (C=O) groups excluding carboxylic acids is 2. The number of ether oxygens (including phenoxy) is 3. The summed E-state index contributed by atoms with van der Waals surface area (Å²) in [5, 5.41) is 0. The molecule has 3 aliphatic rings. The van der Waals surface area contributed by atoms with Crippen LogP contribution in [0, 0.1) is 0 Å². The van der Waals surface area contributed by atoms with Gasteiger partial charge in [0.05, 0.1) is 7.11 Å². The fourth-order valence-electron chi connectivity index (χ4n) is 6.33. The first-order valence-electron chi connectivity index (χ1n) is 14.4. The highest BCUT2D eigenvalue weighted by Crippen LogP contribution is 2.50. The first-order valence-corrected chi connectivity index (χ1v) is 14.4. The molecule has 6 rings (SSSR count). The van der Waals surface area contributed by atoms with Crippen molar-refractivity contribution >= 4 is 11.6 Å². The van der Waals surface area contributed by atoms with Gasteiger partial charge < -0.3 is 19.1 Å². The molecule has 2 aliphatic carbocycles. The Balaban J connectivity index is 1.28. The SMILES string of the molecule is COc1cc(COc2ccccc2C2C3=C(CCCC3=O)N(C)C3=C2C(=O)CCC3)ccc1OCc1ccccc1. The van der Waals surface area contributed by atoms with Crippen molar-refractivity contribution in [3.05, 3.63) is 112 Å². The summed E-state index contributed by atoms with van der Waals surface area (Å²) in [6.07, 6.45) is 4.41. The van der Waals surface area contributed by atoms with Crippen LogP contribution in [0.4, 0.5) is 0 Å². The van der Waals surface area contributed by atoms with E-state index in [0.29, 0.717) is 43.3 Å². The fraction of sp³-hybridized carbons (Fsp3) is 0.314. The highest BCUT2D eigenvalue weighted by atomic mass is 16.5. The highest BCUT2D eigenvalue weighted by Gasteiger charge is 2.43. The van der Waals surface area contributed by atoms with E-state index >= 15 is 0 Å². The van der Waals surface area contributed by atoms with E-state index in [1.165, 1.54) is 0 Å². The molecule has 0 radical (unpaired) electrons. The van der Waals surface area contributed by atoms with Gasteiger partial charge in [0.15, 0.2) is 23.1 Å². The van der Waals surface area contributed by atoms with E-state index in [1.807, 2.05) is 79.8 Å². The van der Waals surface area contributed by atoms with Crippen LogP contribution >= 0.6 is 0 Å². The van der Waals surface area contributed by atoms with Crippen molar-refractivity contribution in [3.63, 3.8) is 0 Å². The molecule has 0 saturated heterocycles. The molecule has 3 aromatic rings. The van der Waals surface area contributed by atoms with Crippen LogP contribution in [0.25, 0.3) is 0 Å². The maximum atomic E-state index is 13.4. The number of nitrogens with zero attached hydrogens (tertiary/aromatic N) is 1. The zero-order valence-corrected chi connectivity index (χ0v) is 23.7. The number of methoxy groups -OCH3 is 1. The number of hydrogen-bond donors (Lipinski definition) is 0. The normalized spacial score (nSPS) is 17.4. The Hall–Kier alpha value is -4.32. The number of allylic oxidation sites excluding steroid dienone is 4. The predicted octanol–water partition coefficient (Wildman–Crippen LogP) is 6.90. The summed E-state index contributed by atoms with van der Waals surface area (Å²) in [7, 11) is 3.64. The second-order valence-corrected chi connectivity index (χ2v) is 10.9. The van der Waals surface area contributed by atoms with Gasteiger partial charge in [-0.05, 0) is 55.0 Å². The molecule has 6 nitrogen and oxygen atoms in total. The Kier molecular flexibility index (Phi) is 7.64. The molecule has 0 fully saturated rings. The average molecular weight is 550 g/mol. The molecule has 0 spiro atoms. The third kappa shape index (κ3) is 5.26. The van der Waals surface area contributed by atoms with Crippen molar-refractivity contribution in [1.82, 2.24) is 4.90 Å². The number of hydrogen-bond acceptors (Lipinski definition) is 6. The molecular weight excluding hydrogens is 514 g/mol. The summed E-state index contributed by atoms with van der Waals surface area (Å²) in [6.45, 7) is 0.753. The summed E-state index contributed by atoms with van der Waals surface area (Å²) in [5.74, 6) is 1.86. The van der Waals surface area contributed by atoms with Crippen molar-refractivity contribution in [2.24, 2.45) is 0 Å². The van der Waals surface area contributed by atoms with Gasteiger partial charge in [-0.15, -0.1) is 0 Å². The Morgan fingerprint density at radius 1 is 0.683 bits per heavy atom. The van der Waals surface area contributed by atoms with Crippen LogP contribution in [-0.2, 0) is 22.8 Å². The van der Waals surface area contributed by atoms with E-state index in [9.17, 15) is 9.59 Å². The van der Waals surface area contributed by atoms with Gasteiger partial charge in [-0.2, -0.15) is 0 Å². The minimum Gasteiger partial charge on any atom is -0.493 e. The van der Waals surface area contributed by atoms with Crippen LogP contribution in [0.2, 0.25) is 0 Å². The van der Waals surface area contributed by atoms with Crippen molar-refractivity contribution in [2.75, 3.05) is 14.2 Å². The smallest absolute Gasteiger partial charge is 0.161 e. The van der Waals surface area contributed by atoms with Gasteiger partial charge in [0.2, 0.25) is 0 Å². The van der Waals surface area contributed by atoms with E-state index < -0.39 is 5.92 Å².